The molecule has 1 saturated heterocycles. The highest BCUT2D eigenvalue weighted by atomic mass is 16.2. The van der Waals surface area contributed by atoms with Crippen LogP contribution in [-0.2, 0) is 6.54 Å². The normalized spacial score (nSPS) is 16.8. The number of hydrogen-bond donors (Lipinski definition) is 1. The quantitative estimate of drug-likeness (QED) is 0.752. The fourth-order valence-electron chi connectivity index (χ4n) is 3.71. The molecule has 1 unspecified atom stereocenters. The molecule has 0 bridgehead atoms. The second kappa shape index (κ2) is 8.25. The number of amides is 2. The molecule has 1 aliphatic heterocycles. The molecular formula is C22H25N5O. The number of likely N-dealkylation sites (tertiary alicyclic amines) is 1. The van der Waals surface area contributed by atoms with Crippen LogP contribution in [0.4, 0.5) is 4.79 Å². The lowest BCUT2D eigenvalue weighted by atomic mass is 9.97. The van der Waals surface area contributed by atoms with Gasteiger partial charge < -0.3 is 9.80 Å². The monoisotopic (exact) mass is 375 g/mol. The van der Waals surface area contributed by atoms with Crippen LogP contribution in [0.2, 0.25) is 0 Å². The number of carbonyl (C=O) groups excluding carboxylic acids is 1. The highest BCUT2D eigenvalue weighted by Gasteiger charge is 2.28. The fraction of sp³-hybridized carbons (Fsp3) is 0.318. The Labute approximate surface area is 165 Å². The molecule has 1 N–H and O–H groups in total. The van der Waals surface area contributed by atoms with Crippen molar-refractivity contribution in [2.45, 2.75) is 25.3 Å². The second-order valence-corrected chi connectivity index (χ2v) is 7.32. The number of carbonyl (C=O) groups is 1. The van der Waals surface area contributed by atoms with E-state index in [0.717, 1.165) is 36.3 Å². The molecule has 6 heteroatoms. The molecule has 0 radical (unpaired) electrons. The predicted octanol–water partition coefficient (Wildman–Crippen LogP) is 3.90. The number of nitrogens with one attached hydrogen (secondary N) is 1. The van der Waals surface area contributed by atoms with Crippen molar-refractivity contribution in [2.24, 2.45) is 0 Å². The van der Waals surface area contributed by atoms with Gasteiger partial charge in [0, 0.05) is 38.2 Å². The van der Waals surface area contributed by atoms with Crippen molar-refractivity contribution in [3.8, 4) is 11.4 Å². The largest absolute Gasteiger partial charge is 0.324 e. The van der Waals surface area contributed by atoms with E-state index in [0.29, 0.717) is 18.9 Å². The Morgan fingerprint density at radius 1 is 1.14 bits per heavy atom. The Morgan fingerprint density at radius 2 is 1.86 bits per heavy atom. The summed E-state index contributed by atoms with van der Waals surface area (Å²) in [5, 5.41) is 7.46. The first-order valence-corrected chi connectivity index (χ1v) is 9.72. The van der Waals surface area contributed by atoms with Crippen LogP contribution in [0, 0.1) is 0 Å². The number of urea groups is 1. The lowest BCUT2D eigenvalue weighted by molar-refractivity contribution is 0.144. The van der Waals surface area contributed by atoms with Gasteiger partial charge in [0.1, 0.15) is 5.82 Å². The molecule has 1 atom stereocenters. The van der Waals surface area contributed by atoms with Gasteiger partial charge in [-0.05, 0) is 18.4 Å². The molecule has 4 rings (SSSR count). The summed E-state index contributed by atoms with van der Waals surface area (Å²) in [5.41, 5.74) is 2.13. The van der Waals surface area contributed by atoms with Crippen molar-refractivity contribution >= 4 is 6.03 Å². The van der Waals surface area contributed by atoms with Gasteiger partial charge in [0.05, 0.1) is 0 Å². The van der Waals surface area contributed by atoms with Crippen LogP contribution >= 0.6 is 0 Å². The summed E-state index contributed by atoms with van der Waals surface area (Å²) in [5.74, 6) is 1.76. The van der Waals surface area contributed by atoms with Gasteiger partial charge in [-0.1, -0.05) is 60.7 Å². The van der Waals surface area contributed by atoms with Crippen LogP contribution < -0.4 is 0 Å². The van der Waals surface area contributed by atoms with Gasteiger partial charge in [-0.25, -0.2) is 9.78 Å². The zero-order valence-corrected chi connectivity index (χ0v) is 16.1. The molecule has 1 fully saturated rings. The summed E-state index contributed by atoms with van der Waals surface area (Å²) < 4.78 is 0. The first-order chi connectivity index (χ1) is 13.7. The molecule has 6 nitrogen and oxygen atoms in total. The molecule has 2 heterocycles. The summed E-state index contributed by atoms with van der Waals surface area (Å²) >= 11 is 0. The summed E-state index contributed by atoms with van der Waals surface area (Å²) in [6.45, 7) is 2.07. The second-order valence-electron chi connectivity index (χ2n) is 7.32. The van der Waals surface area contributed by atoms with Crippen molar-refractivity contribution in [1.82, 2.24) is 25.0 Å². The maximum absolute atomic E-state index is 12.9. The lowest BCUT2D eigenvalue weighted by Crippen LogP contribution is -2.45. The van der Waals surface area contributed by atoms with Crippen molar-refractivity contribution in [3.05, 3.63) is 72.1 Å². The molecular weight excluding hydrogens is 350 g/mol. The van der Waals surface area contributed by atoms with Crippen LogP contribution in [0.25, 0.3) is 11.4 Å². The van der Waals surface area contributed by atoms with E-state index in [1.165, 1.54) is 0 Å². The smallest absolute Gasteiger partial charge is 0.320 e. The third kappa shape index (κ3) is 4.06. The molecule has 0 saturated carbocycles. The Hall–Kier alpha value is -3.15. The highest BCUT2D eigenvalue weighted by Crippen LogP contribution is 2.26. The molecule has 2 aromatic carbocycles. The number of rotatable bonds is 4. The third-order valence-corrected chi connectivity index (χ3v) is 5.20. The number of H-pyrrole nitrogens is 1. The summed E-state index contributed by atoms with van der Waals surface area (Å²) in [6, 6.07) is 20.1. The molecule has 0 spiro atoms. The molecule has 144 valence electrons. The van der Waals surface area contributed by atoms with Crippen molar-refractivity contribution in [1.29, 1.82) is 0 Å². The van der Waals surface area contributed by atoms with E-state index >= 15 is 0 Å². The number of benzene rings is 2. The van der Waals surface area contributed by atoms with E-state index in [4.69, 9.17) is 4.98 Å². The minimum atomic E-state index is 0.0661. The Kier molecular flexibility index (Phi) is 5.37. The van der Waals surface area contributed by atoms with Crippen LogP contribution in [0.15, 0.2) is 60.7 Å². The minimum Gasteiger partial charge on any atom is -0.324 e. The van der Waals surface area contributed by atoms with Crippen LogP contribution in [0.1, 0.15) is 30.1 Å². The Morgan fingerprint density at radius 3 is 2.61 bits per heavy atom. The topological polar surface area (TPSA) is 65.1 Å². The van der Waals surface area contributed by atoms with Crippen molar-refractivity contribution in [3.63, 3.8) is 0 Å². The average Bonchev–Trinajstić information content (AvgIpc) is 3.25. The maximum atomic E-state index is 12.9. The van der Waals surface area contributed by atoms with E-state index in [2.05, 4.69) is 10.2 Å². The Bertz CT molecular complexity index is 909. The molecule has 1 aromatic heterocycles. The predicted molar refractivity (Wildman–Crippen MR) is 109 cm³/mol. The molecule has 2 amide bonds. The van der Waals surface area contributed by atoms with E-state index < -0.39 is 0 Å². The minimum absolute atomic E-state index is 0.0661. The van der Waals surface area contributed by atoms with Crippen LogP contribution in [0.3, 0.4) is 0 Å². The van der Waals surface area contributed by atoms with E-state index in [-0.39, 0.29) is 11.9 Å². The first kappa shape index (κ1) is 18.2. The number of piperidine rings is 1. The maximum Gasteiger partial charge on any atom is 0.320 e. The summed E-state index contributed by atoms with van der Waals surface area (Å²) in [6.07, 6.45) is 1.98. The standard InChI is InChI=1S/C22H25N5O/c1-26(15-17-9-4-2-5-10-17)22(28)27-14-8-13-19(16-27)21-23-20(24-25-21)18-11-6-3-7-12-18/h2-7,9-12,19H,8,13-16H2,1H3,(H,23,24,25). The highest BCUT2D eigenvalue weighted by molar-refractivity contribution is 5.74. The van der Waals surface area contributed by atoms with Crippen molar-refractivity contribution < 1.29 is 4.79 Å². The lowest BCUT2D eigenvalue weighted by Gasteiger charge is -2.34. The summed E-state index contributed by atoms with van der Waals surface area (Å²) in [4.78, 5) is 21.3. The van der Waals surface area contributed by atoms with Gasteiger partial charge in [0.15, 0.2) is 5.82 Å². The van der Waals surface area contributed by atoms with Crippen LogP contribution in [0.5, 0.6) is 0 Å². The van der Waals surface area contributed by atoms with Gasteiger partial charge >= 0.3 is 6.03 Å². The third-order valence-electron chi connectivity index (χ3n) is 5.20. The van der Waals surface area contributed by atoms with Crippen molar-refractivity contribution in [2.75, 3.05) is 20.1 Å². The first-order valence-electron chi connectivity index (χ1n) is 9.72. The van der Waals surface area contributed by atoms with Gasteiger partial charge in [0.25, 0.3) is 0 Å². The van der Waals surface area contributed by atoms with E-state index in [1.807, 2.05) is 72.6 Å². The zero-order chi connectivity index (χ0) is 19.3. The van der Waals surface area contributed by atoms with E-state index in [9.17, 15) is 4.79 Å². The number of aromatic amines is 1. The van der Waals surface area contributed by atoms with Crippen LogP contribution in [-0.4, -0.2) is 51.1 Å². The number of hydrogen-bond acceptors (Lipinski definition) is 3. The van der Waals surface area contributed by atoms with Gasteiger partial charge in [-0.3, -0.25) is 5.10 Å². The van der Waals surface area contributed by atoms with Gasteiger partial charge in [-0.2, -0.15) is 5.10 Å². The SMILES string of the molecule is CN(Cc1ccccc1)C(=O)N1CCCC(c2nc(-c3ccccc3)n[nH]2)C1. The molecule has 1 aliphatic rings. The number of aromatic nitrogens is 3. The van der Waals surface area contributed by atoms with Gasteiger partial charge in [-0.15, -0.1) is 0 Å². The molecule has 3 aromatic rings. The fourth-order valence-corrected chi connectivity index (χ4v) is 3.71. The zero-order valence-electron chi connectivity index (χ0n) is 16.1. The Balaban J connectivity index is 1.41. The average molecular weight is 375 g/mol. The number of nitrogens with zero attached hydrogens (tertiary/aromatic N) is 4. The molecule has 0 aliphatic carbocycles. The van der Waals surface area contributed by atoms with E-state index in [1.54, 1.807) is 4.90 Å². The summed E-state index contributed by atoms with van der Waals surface area (Å²) in [7, 11) is 1.86. The molecule has 28 heavy (non-hydrogen) atoms. The van der Waals surface area contributed by atoms with Gasteiger partial charge in [0.2, 0.25) is 0 Å².